The lowest BCUT2D eigenvalue weighted by atomic mass is 9.78. The summed E-state index contributed by atoms with van der Waals surface area (Å²) in [4.78, 5) is 27.1. The third-order valence-corrected chi connectivity index (χ3v) is 5.60. The standard InChI is InChI=1S/C22H29N3O5/c1-22(2,3)20-18(29-14-19(26)27)5-4-10-24(20)12-17-13-25(21(28)30-17)16-8-6-15(11-23)7-9-16/h6-9,17-18,20H,4-5,10,12-14H2,1-3H3,(H,26,27)/p-1. The van der Waals surface area contributed by atoms with E-state index >= 15 is 0 Å². The number of carbonyl (C=O) groups is 2. The van der Waals surface area contributed by atoms with Gasteiger partial charge in [-0.1, -0.05) is 20.8 Å². The molecule has 0 radical (unpaired) electrons. The smallest absolute Gasteiger partial charge is 0.414 e. The molecule has 2 fully saturated rings. The number of cyclic esters (lactones) is 1. The maximum Gasteiger partial charge on any atom is 0.414 e. The van der Waals surface area contributed by atoms with E-state index in [1.807, 2.05) is 0 Å². The van der Waals surface area contributed by atoms with E-state index < -0.39 is 18.7 Å². The normalized spacial score (nSPS) is 25.1. The maximum atomic E-state index is 12.4. The topological polar surface area (TPSA) is 106 Å². The number of ether oxygens (including phenoxy) is 2. The molecular formula is C22H28N3O5-. The van der Waals surface area contributed by atoms with E-state index in [1.54, 1.807) is 29.2 Å². The summed E-state index contributed by atoms with van der Waals surface area (Å²) in [5.41, 5.74) is 1.08. The van der Waals surface area contributed by atoms with Crippen molar-refractivity contribution in [1.82, 2.24) is 4.90 Å². The van der Waals surface area contributed by atoms with Crippen LogP contribution >= 0.6 is 0 Å². The lowest BCUT2D eigenvalue weighted by Gasteiger charge is -2.48. The minimum absolute atomic E-state index is 0.00624. The molecule has 1 aromatic carbocycles. The van der Waals surface area contributed by atoms with Crippen molar-refractivity contribution in [3.05, 3.63) is 29.8 Å². The van der Waals surface area contributed by atoms with Gasteiger partial charge >= 0.3 is 6.09 Å². The molecule has 3 rings (SSSR count). The molecule has 0 aliphatic carbocycles. The average Bonchev–Trinajstić information content (AvgIpc) is 3.05. The van der Waals surface area contributed by atoms with Gasteiger partial charge in [-0.05, 0) is 49.1 Å². The van der Waals surface area contributed by atoms with Crippen LogP contribution in [0.25, 0.3) is 0 Å². The molecule has 0 spiro atoms. The molecule has 2 heterocycles. The molecule has 0 N–H and O–H groups in total. The number of piperidine rings is 1. The lowest BCUT2D eigenvalue weighted by Crippen LogP contribution is -2.58. The number of benzene rings is 1. The Morgan fingerprint density at radius 1 is 1.33 bits per heavy atom. The number of anilines is 1. The molecule has 2 aliphatic rings. The third-order valence-electron chi connectivity index (χ3n) is 5.60. The first-order chi connectivity index (χ1) is 14.2. The summed E-state index contributed by atoms with van der Waals surface area (Å²) in [7, 11) is 0. The number of carboxylic acids is 1. The maximum absolute atomic E-state index is 12.4. The fraction of sp³-hybridized carbons (Fsp3) is 0.591. The van der Waals surface area contributed by atoms with Gasteiger partial charge in [0.15, 0.2) is 0 Å². The van der Waals surface area contributed by atoms with Crippen LogP contribution in [0.1, 0.15) is 39.2 Å². The Morgan fingerprint density at radius 2 is 2.03 bits per heavy atom. The van der Waals surface area contributed by atoms with Crippen molar-refractivity contribution in [3.8, 4) is 6.07 Å². The van der Waals surface area contributed by atoms with Gasteiger partial charge in [0.25, 0.3) is 0 Å². The highest BCUT2D eigenvalue weighted by molar-refractivity contribution is 5.89. The number of aliphatic carboxylic acids is 1. The average molecular weight is 414 g/mol. The van der Waals surface area contributed by atoms with Crippen molar-refractivity contribution < 1.29 is 24.2 Å². The Balaban J connectivity index is 1.69. The number of nitriles is 1. The van der Waals surface area contributed by atoms with Crippen LogP contribution in [0.3, 0.4) is 0 Å². The second kappa shape index (κ2) is 9.02. The van der Waals surface area contributed by atoms with Crippen molar-refractivity contribution in [2.24, 2.45) is 5.41 Å². The van der Waals surface area contributed by atoms with E-state index in [-0.39, 0.29) is 23.7 Å². The van der Waals surface area contributed by atoms with Crippen LogP contribution in [0.15, 0.2) is 24.3 Å². The molecule has 3 unspecified atom stereocenters. The molecule has 1 amide bonds. The Morgan fingerprint density at radius 3 is 2.63 bits per heavy atom. The van der Waals surface area contributed by atoms with Gasteiger partial charge in [0, 0.05) is 18.3 Å². The second-order valence-corrected chi connectivity index (χ2v) is 8.94. The highest BCUT2D eigenvalue weighted by atomic mass is 16.6. The van der Waals surface area contributed by atoms with Crippen LogP contribution in [-0.4, -0.2) is 61.5 Å². The van der Waals surface area contributed by atoms with Crippen LogP contribution in [-0.2, 0) is 14.3 Å². The zero-order chi connectivity index (χ0) is 21.9. The van der Waals surface area contributed by atoms with Gasteiger partial charge in [-0.2, -0.15) is 5.26 Å². The molecule has 2 aliphatic heterocycles. The number of carboxylic acid groups (broad SMARTS) is 1. The molecule has 0 aromatic heterocycles. The number of rotatable bonds is 6. The summed E-state index contributed by atoms with van der Waals surface area (Å²) in [6.45, 7) is 7.70. The molecule has 1 aromatic rings. The van der Waals surface area contributed by atoms with Gasteiger partial charge in [0.1, 0.15) is 6.10 Å². The Bertz CT molecular complexity index is 812. The van der Waals surface area contributed by atoms with Gasteiger partial charge in [-0.25, -0.2) is 4.79 Å². The summed E-state index contributed by atoms with van der Waals surface area (Å²) in [6, 6.07) is 8.89. The lowest BCUT2D eigenvalue weighted by molar-refractivity contribution is -0.311. The quantitative estimate of drug-likeness (QED) is 0.695. The summed E-state index contributed by atoms with van der Waals surface area (Å²) in [5.74, 6) is -1.22. The Hall–Kier alpha value is -2.63. The predicted octanol–water partition coefficient (Wildman–Crippen LogP) is 1.53. The summed E-state index contributed by atoms with van der Waals surface area (Å²) < 4.78 is 11.3. The molecule has 0 saturated carbocycles. The van der Waals surface area contributed by atoms with Crippen LogP contribution in [0.2, 0.25) is 0 Å². The summed E-state index contributed by atoms with van der Waals surface area (Å²) in [6.07, 6.45) is 0.734. The predicted molar refractivity (Wildman–Crippen MR) is 108 cm³/mol. The van der Waals surface area contributed by atoms with E-state index in [1.165, 1.54) is 0 Å². The van der Waals surface area contributed by atoms with E-state index in [9.17, 15) is 14.7 Å². The number of hydrogen-bond acceptors (Lipinski definition) is 7. The molecule has 2 saturated heterocycles. The van der Waals surface area contributed by atoms with E-state index in [2.05, 4.69) is 31.7 Å². The highest BCUT2D eigenvalue weighted by Crippen LogP contribution is 2.34. The largest absolute Gasteiger partial charge is 0.548 e. The first-order valence-corrected chi connectivity index (χ1v) is 10.2. The Kier molecular flexibility index (Phi) is 6.64. The van der Waals surface area contributed by atoms with Crippen LogP contribution in [0.5, 0.6) is 0 Å². The highest BCUT2D eigenvalue weighted by Gasteiger charge is 2.42. The molecule has 162 valence electrons. The zero-order valence-corrected chi connectivity index (χ0v) is 17.7. The molecule has 3 atom stereocenters. The first-order valence-electron chi connectivity index (χ1n) is 10.2. The minimum atomic E-state index is -1.22. The van der Waals surface area contributed by atoms with Crippen LogP contribution in [0, 0.1) is 16.7 Å². The zero-order valence-electron chi connectivity index (χ0n) is 17.7. The first kappa shape index (κ1) is 22.1. The molecular weight excluding hydrogens is 386 g/mol. The van der Waals surface area contributed by atoms with Crippen LogP contribution < -0.4 is 10.0 Å². The number of amides is 1. The van der Waals surface area contributed by atoms with E-state index in [4.69, 9.17) is 14.7 Å². The van der Waals surface area contributed by atoms with Crippen molar-refractivity contribution in [1.29, 1.82) is 5.26 Å². The van der Waals surface area contributed by atoms with Gasteiger partial charge < -0.3 is 19.4 Å². The van der Waals surface area contributed by atoms with Crippen molar-refractivity contribution in [2.75, 3.05) is 31.1 Å². The van der Waals surface area contributed by atoms with Crippen LogP contribution in [0.4, 0.5) is 10.5 Å². The molecule has 30 heavy (non-hydrogen) atoms. The van der Waals surface area contributed by atoms with E-state index in [0.29, 0.717) is 24.3 Å². The number of carbonyl (C=O) groups excluding carboxylic acids is 2. The SMILES string of the molecule is CC(C)(C)C1C(OCC(=O)[O-])CCCN1CC1CN(c2ccc(C#N)cc2)C(=O)O1. The fourth-order valence-electron chi connectivity index (χ4n) is 4.49. The van der Waals surface area contributed by atoms with Crippen molar-refractivity contribution in [3.63, 3.8) is 0 Å². The molecule has 0 bridgehead atoms. The second-order valence-electron chi connectivity index (χ2n) is 8.94. The summed E-state index contributed by atoms with van der Waals surface area (Å²) >= 11 is 0. The monoisotopic (exact) mass is 414 g/mol. The van der Waals surface area contributed by atoms with Gasteiger partial charge in [-0.15, -0.1) is 0 Å². The molecule has 8 nitrogen and oxygen atoms in total. The van der Waals surface area contributed by atoms with E-state index in [0.717, 1.165) is 19.4 Å². The van der Waals surface area contributed by atoms with Crippen molar-refractivity contribution >= 4 is 17.7 Å². The minimum Gasteiger partial charge on any atom is -0.548 e. The summed E-state index contributed by atoms with van der Waals surface area (Å²) in [5, 5.41) is 19.8. The van der Waals surface area contributed by atoms with Gasteiger partial charge in [0.2, 0.25) is 0 Å². The number of nitrogens with zero attached hydrogens (tertiary/aromatic N) is 3. The third kappa shape index (κ3) is 5.10. The fourth-order valence-corrected chi connectivity index (χ4v) is 4.49. The van der Waals surface area contributed by atoms with Gasteiger partial charge in [0.05, 0.1) is 36.9 Å². The van der Waals surface area contributed by atoms with Crippen molar-refractivity contribution in [2.45, 2.75) is 51.9 Å². The number of likely N-dealkylation sites (tertiary alicyclic amines) is 1. The Labute approximate surface area is 177 Å². The molecule has 8 heteroatoms. The van der Waals surface area contributed by atoms with Gasteiger partial charge in [-0.3, -0.25) is 9.80 Å². The number of hydrogen-bond donors (Lipinski definition) is 0.